The van der Waals surface area contributed by atoms with E-state index in [1.807, 2.05) is 32.1 Å². The molecule has 3 rings (SSSR count). The molecule has 33 heavy (non-hydrogen) atoms. The van der Waals surface area contributed by atoms with Gasteiger partial charge in [-0.15, -0.1) is 0 Å². The number of benzene rings is 3. The predicted octanol–water partition coefficient (Wildman–Crippen LogP) is 6.11. The second kappa shape index (κ2) is 9.54. The molecule has 3 aromatic carbocycles. The van der Waals surface area contributed by atoms with Crippen LogP contribution in [0.2, 0.25) is 0 Å². The normalized spacial score (nSPS) is 10.5. The Morgan fingerprint density at radius 3 is 2.39 bits per heavy atom. The predicted molar refractivity (Wildman–Crippen MR) is 127 cm³/mol. The first-order valence-electron chi connectivity index (χ1n) is 9.99. The molecule has 0 amide bonds. The van der Waals surface area contributed by atoms with Crippen molar-refractivity contribution < 1.29 is 9.66 Å². The smallest absolute Gasteiger partial charge is 0.313 e. The summed E-state index contributed by atoms with van der Waals surface area (Å²) >= 11 is 0. The van der Waals surface area contributed by atoms with Crippen LogP contribution in [0.3, 0.4) is 0 Å². The number of nitriles is 2. The molecule has 0 saturated carbocycles. The van der Waals surface area contributed by atoms with Crippen molar-refractivity contribution in [1.29, 1.82) is 10.5 Å². The molecule has 164 valence electrons. The number of ether oxygens (including phenoxy) is 1. The second-order valence-corrected chi connectivity index (χ2v) is 7.30. The number of nitrogens with two attached hydrogens (primary N) is 1. The van der Waals surface area contributed by atoms with E-state index in [0.717, 1.165) is 11.1 Å². The Balaban J connectivity index is 2.09. The summed E-state index contributed by atoms with van der Waals surface area (Å²) in [7, 11) is 0. The maximum Gasteiger partial charge on any atom is 0.313 e. The van der Waals surface area contributed by atoms with E-state index in [4.69, 9.17) is 15.7 Å². The van der Waals surface area contributed by atoms with Crippen LogP contribution in [0.15, 0.2) is 48.5 Å². The highest BCUT2D eigenvalue weighted by molar-refractivity contribution is 5.78. The van der Waals surface area contributed by atoms with Crippen molar-refractivity contribution in [3.8, 4) is 23.6 Å². The van der Waals surface area contributed by atoms with Gasteiger partial charge >= 0.3 is 5.69 Å². The number of hydrogen-bond acceptors (Lipinski definition) is 7. The number of rotatable bonds is 6. The van der Waals surface area contributed by atoms with Gasteiger partial charge in [-0.1, -0.05) is 12.2 Å². The van der Waals surface area contributed by atoms with Crippen molar-refractivity contribution in [2.75, 3.05) is 11.1 Å². The summed E-state index contributed by atoms with van der Waals surface area (Å²) < 4.78 is 6.02. The maximum absolute atomic E-state index is 11.7. The Morgan fingerprint density at radius 1 is 1.12 bits per heavy atom. The lowest BCUT2D eigenvalue weighted by atomic mass is 9.98. The third-order valence-electron chi connectivity index (χ3n) is 5.03. The van der Waals surface area contributed by atoms with Crippen molar-refractivity contribution in [1.82, 2.24) is 0 Å². The minimum atomic E-state index is -0.568. The fourth-order valence-corrected chi connectivity index (χ4v) is 3.42. The molecule has 8 nitrogen and oxygen atoms in total. The van der Waals surface area contributed by atoms with Crippen molar-refractivity contribution in [3.63, 3.8) is 0 Å². The molecular weight excluding hydrogens is 418 g/mol. The molecule has 0 aliphatic carbocycles. The van der Waals surface area contributed by atoms with Crippen molar-refractivity contribution >= 4 is 28.8 Å². The summed E-state index contributed by atoms with van der Waals surface area (Å²) in [6.45, 7) is 5.42. The highest BCUT2D eigenvalue weighted by atomic mass is 16.6. The zero-order chi connectivity index (χ0) is 24.1. The lowest BCUT2D eigenvalue weighted by Gasteiger charge is -2.17. The molecule has 0 bridgehead atoms. The van der Waals surface area contributed by atoms with Crippen LogP contribution < -0.4 is 15.8 Å². The highest BCUT2D eigenvalue weighted by Crippen LogP contribution is 2.41. The van der Waals surface area contributed by atoms with Crippen LogP contribution in [0.5, 0.6) is 11.5 Å². The molecular formula is C25H21N5O3. The quantitative estimate of drug-likeness (QED) is 0.268. The molecule has 8 heteroatoms. The fraction of sp³-hybridized carbons (Fsp3) is 0.120. The van der Waals surface area contributed by atoms with Gasteiger partial charge in [0.15, 0.2) is 0 Å². The molecule has 0 saturated heterocycles. The second-order valence-electron chi connectivity index (χ2n) is 7.30. The Morgan fingerprint density at radius 2 is 1.82 bits per heavy atom. The molecule has 0 spiro atoms. The summed E-state index contributed by atoms with van der Waals surface area (Å²) in [4.78, 5) is 11.1. The summed E-state index contributed by atoms with van der Waals surface area (Å²) in [5, 5.41) is 33.4. The fourth-order valence-electron chi connectivity index (χ4n) is 3.42. The van der Waals surface area contributed by atoms with E-state index in [9.17, 15) is 15.4 Å². The average Bonchev–Trinajstić information content (AvgIpc) is 2.79. The van der Waals surface area contributed by atoms with Crippen molar-refractivity contribution in [2.45, 2.75) is 20.8 Å². The van der Waals surface area contributed by atoms with Crippen LogP contribution in [0.25, 0.3) is 6.08 Å². The van der Waals surface area contributed by atoms with Gasteiger partial charge in [0.05, 0.1) is 33.5 Å². The van der Waals surface area contributed by atoms with Gasteiger partial charge in [-0.05, 0) is 62.2 Å². The van der Waals surface area contributed by atoms with Gasteiger partial charge in [-0.2, -0.15) is 10.5 Å². The number of hydrogen-bond donors (Lipinski definition) is 2. The number of nitrogens with one attached hydrogen (secondary N) is 1. The zero-order valence-electron chi connectivity index (χ0n) is 18.3. The van der Waals surface area contributed by atoms with Gasteiger partial charge in [-0.3, -0.25) is 10.1 Å². The van der Waals surface area contributed by atoms with Gasteiger partial charge < -0.3 is 15.8 Å². The zero-order valence-corrected chi connectivity index (χ0v) is 18.3. The molecule has 0 fully saturated rings. The lowest BCUT2D eigenvalue weighted by Crippen LogP contribution is -2.02. The number of nitro groups is 1. The molecule has 0 heterocycles. The molecule has 0 aromatic heterocycles. The SMILES string of the molecule is CC=Cc1cc(C)c(Oc2cc(Nc3ccc(C#N)cc3)c(N)cc2[N+](=O)[O-])c(C)c1C#N. The number of allylic oxidation sites excluding steroid dienone is 1. The van der Waals surface area contributed by atoms with Crippen molar-refractivity contribution in [2.24, 2.45) is 0 Å². The van der Waals surface area contributed by atoms with E-state index in [0.29, 0.717) is 33.8 Å². The maximum atomic E-state index is 11.7. The van der Waals surface area contributed by atoms with Crippen LogP contribution >= 0.6 is 0 Å². The van der Waals surface area contributed by atoms with Crippen LogP contribution in [-0.2, 0) is 0 Å². The Hall–Kier alpha value is -4.82. The summed E-state index contributed by atoms with van der Waals surface area (Å²) in [6.07, 6.45) is 3.66. The van der Waals surface area contributed by atoms with E-state index in [1.54, 1.807) is 37.3 Å². The number of nitro benzene ring substituents is 1. The molecule has 0 atom stereocenters. The van der Waals surface area contributed by atoms with E-state index in [1.165, 1.54) is 12.1 Å². The third kappa shape index (κ3) is 4.76. The lowest BCUT2D eigenvalue weighted by molar-refractivity contribution is -0.385. The van der Waals surface area contributed by atoms with Crippen LogP contribution in [0.4, 0.5) is 22.7 Å². The highest BCUT2D eigenvalue weighted by Gasteiger charge is 2.22. The minimum absolute atomic E-state index is 0.0146. The average molecular weight is 439 g/mol. The van der Waals surface area contributed by atoms with Crippen LogP contribution in [0.1, 0.15) is 34.7 Å². The standard InChI is InChI=1S/C25H21N5O3/c1-4-5-18-10-15(2)25(16(3)20(18)14-27)33-24-12-22(21(28)11-23(24)30(31)32)29-19-8-6-17(13-26)7-9-19/h4-12,29H,28H2,1-3H3. The van der Waals surface area contributed by atoms with E-state index < -0.39 is 4.92 Å². The Labute approximate surface area is 191 Å². The summed E-state index contributed by atoms with van der Waals surface area (Å²) in [5.41, 5.74) is 9.97. The summed E-state index contributed by atoms with van der Waals surface area (Å²) in [5.74, 6) is 0.358. The van der Waals surface area contributed by atoms with E-state index >= 15 is 0 Å². The monoisotopic (exact) mass is 439 g/mol. The number of nitrogen functional groups attached to an aromatic ring is 1. The summed E-state index contributed by atoms with van der Waals surface area (Å²) in [6, 6.07) is 15.4. The molecule has 0 aliphatic rings. The van der Waals surface area contributed by atoms with E-state index in [-0.39, 0.29) is 17.1 Å². The van der Waals surface area contributed by atoms with E-state index in [2.05, 4.69) is 11.4 Å². The molecule has 3 aromatic rings. The number of aryl methyl sites for hydroxylation is 1. The number of anilines is 3. The van der Waals surface area contributed by atoms with Crippen LogP contribution in [-0.4, -0.2) is 4.92 Å². The van der Waals surface area contributed by atoms with Gasteiger partial charge in [0, 0.05) is 23.4 Å². The van der Waals surface area contributed by atoms with Crippen LogP contribution in [0, 0.1) is 46.6 Å². The third-order valence-corrected chi connectivity index (χ3v) is 5.03. The van der Waals surface area contributed by atoms with Gasteiger partial charge in [0.2, 0.25) is 5.75 Å². The first kappa shape index (κ1) is 22.9. The first-order valence-corrected chi connectivity index (χ1v) is 9.99. The van der Waals surface area contributed by atoms with Crippen molar-refractivity contribution in [3.05, 3.63) is 86.5 Å². The first-order chi connectivity index (χ1) is 15.8. The van der Waals surface area contributed by atoms with Gasteiger partial charge in [-0.25, -0.2) is 0 Å². The Kier molecular flexibility index (Phi) is 6.61. The topological polar surface area (TPSA) is 138 Å². The molecule has 0 unspecified atom stereocenters. The molecule has 0 radical (unpaired) electrons. The number of nitrogens with zero attached hydrogens (tertiary/aromatic N) is 3. The van der Waals surface area contributed by atoms with Gasteiger partial charge in [0.1, 0.15) is 11.8 Å². The van der Waals surface area contributed by atoms with Gasteiger partial charge in [0.25, 0.3) is 0 Å². The largest absolute Gasteiger partial charge is 0.449 e. The molecule has 3 N–H and O–H groups in total. The minimum Gasteiger partial charge on any atom is -0.449 e. The molecule has 0 aliphatic heterocycles. The Bertz CT molecular complexity index is 1350.